The number of hydrogen-bond acceptors (Lipinski definition) is 3. The normalized spacial score (nSPS) is 7.00. The van der Waals surface area contributed by atoms with Crippen LogP contribution in [0.4, 0.5) is 0 Å². The lowest BCUT2D eigenvalue weighted by Gasteiger charge is -1.66. The minimum atomic E-state index is -1.83. The first-order valence-corrected chi connectivity index (χ1v) is 3.45. The summed E-state index contributed by atoms with van der Waals surface area (Å²) in [6.45, 7) is 5.25. The van der Waals surface area contributed by atoms with Crippen LogP contribution in [-0.4, -0.2) is 14.2 Å². The predicted molar refractivity (Wildman–Crippen MR) is 37.5 cm³/mol. The molecule has 0 saturated heterocycles. The van der Waals surface area contributed by atoms with Crippen LogP contribution in [-0.2, 0) is 13.6 Å². The molecular weight excluding hydrogens is 139 g/mol. The van der Waals surface area contributed by atoms with Crippen LogP contribution >= 0.6 is 8.25 Å². The van der Waals surface area contributed by atoms with Gasteiger partial charge in [0.1, 0.15) is 0 Å². The van der Waals surface area contributed by atoms with E-state index < -0.39 is 8.25 Å². The van der Waals surface area contributed by atoms with Crippen LogP contribution in [0, 0.1) is 0 Å². The van der Waals surface area contributed by atoms with Crippen molar-refractivity contribution in [1.82, 2.24) is 0 Å². The molecule has 4 heteroatoms. The van der Waals surface area contributed by atoms with Gasteiger partial charge in [-0.1, -0.05) is 6.08 Å². The van der Waals surface area contributed by atoms with Gasteiger partial charge < -0.3 is 0 Å². The largest absolute Gasteiger partial charge is 0.696 e. The zero-order valence-corrected chi connectivity index (χ0v) is 6.85. The lowest BCUT2D eigenvalue weighted by Crippen LogP contribution is -1.66. The standard InChI is InChI=1S/C3H6.C2H6O3P/c1-3-2;1-4-6(3)5-2/h3H,1H2,2H3;1-2H3/q;+1. The van der Waals surface area contributed by atoms with E-state index in [4.69, 9.17) is 0 Å². The van der Waals surface area contributed by atoms with E-state index in [-0.39, 0.29) is 0 Å². The van der Waals surface area contributed by atoms with Gasteiger partial charge in [0, 0.05) is 4.57 Å². The Morgan fingerprint density at radius 2 is 1.67 bits per heavy atom. The zero-order valence-electron chi connectivity index (χ0n) is 5.96. The lowest BCUT2D eigenvalue weighted by atomic mass is 10.8. The quantitative estimate of drug-likeness (QED) is 0.448. The van der Waals surface area contributed by atoms with Crippen LogP contribution in [0.2, 0.25) is 0 Å². The van der Waals surface area contributed by atoms with Crippen LogP contribution in [0.5, 0.6) is 0 Å². The van der Waals surface area contributed by atoms with Gasteiger partial charge in [-0.15, -0.1) is 15.6 Å². The van der Waals surface area contributed by atoms with Crippen molar-refractivity contribution in [2.75, 3.05) is 14.2 Å². The lowest BCUT2D eigenvalue weighted by molar-refractivity contribution is 0.302. The van der Waals surface area contributed by atoms with Crippen molar-refractivity contribution >= 4 is 8.25 Å². The molecule has 0 fully saturated rings. The summed E-state index contributed by atoms with van der Waals surface area (Å²) in [5.74, 6) is 0. The number of rotatable bonds is 2. The molecule has 0 aromatic rings. The molecule has 0 N–H and O–H groups in total. The Labute approximate surface area is 56.6 Å². The fourth-order valence-corrected chi connectivity index (χ4v) is 0.224. The molecule has 0 aliphatic rings. The first-order valence-electron chi connectivity index (χ1n) is 2.35. The topological polar surface area (TPSA) is 35.5 Å². The second-order valence-corrected chi connectivity index (χ2v) is 2.17. The molecule has 54 valence electrons. The third-order valence-electron chi connectivity index (χ3n) is 0.298. The monoisotopic (exact) mass is 151 g/mol. The van der Waals surface area contributed by atoms with Gasteiger partial charge in [-0.3, -0.25) is 0 Å². The summed E-state index contributed by atoms with van der Waals surface area (Å²) >= 11 is 0. The molecule has 0 aliphatic heterocycles. The Kier molecular flexibility index (Phi) is 13.7. The van der Waals surface area contributed by atoms with E-state index in [2.05, 4.69) is 15.6 Å². The van der Waals surface area contributed by atoms with E-state index in [9.17, 15) is 4.57 Å². The Morgan fingerprint density at radius 3 is 1.67 bits per heavy atom. The second kappa shape index (κ2) is 10.7. The summed E-state index contributed by atoms with van der Waals surface area (Å²) < 4.78 is 18.3. The summed E-state index contributed by atoms with van der Waals surface area (Å²) in [5, 5.41) is 0. The average molecular weight is 151 g/mol. The number of allylic oxidation sites excluding steroid dienone is 1. The third kappa shape index (κ3) is 18.2. The Morgan fingerprint density at radius 1 is 1.44 bits per heavy atom. The molecule has 0 saturated carbocycles. The predicted octanol–water partition coefficient (Wildman–Crippen LogP) is 2.13. The van der Waals surface area contributed by atoms with Crippen LogP contribution in [0.1, 0.15) is 6.92 Å². The maximum atomic E-state index is 9.88. The molecule has 0 spiro atoms. The summed E-state index contributed by atoms with van der Waals surface area (Å²) in [4.78, 5) is 0. The van der Waals surface area contributed by atoms with Gasteiger partial charge in [0.05, 0.1) is 14.2 Å². The third-order valence-corrected chi connectivity index (χ3v) is 0.894. The molecule has 0 heterocycles. The molecule has 0 atom stereocenters. The Hall–Kier alpha value is -0.240. The van der Waals surface area contributed by atoms with Crippen molar-refractivity contribution in [2.45, 2.75) is 6.92 Å². The van der Waals surface area contributed by atoms with Crippen molar-refractivity contribution in [2.24, 2.45) is 0 Å². The highest BCUT2D eigenvalue weighted by Gasteiger charge is 2.10. The Balaban J connectivity index is 0. The van der Waals surface area contributed by atoms with Gasteiger partial charge in [0.15, 0.2) is 0 Å². The fraction of sp³-hybridized carbons (Fsp3) is 0.600. The van der Waals surface area contributed by atoms with Crippen LogP contribution in [0.25, 0.3) is 0 Å². The van der Waals surface area contributed by atoms with E-state index in [1.54, 1.807) is 6.08 Å². The average Bonchev–Trinajstić information content (AvgIpc) is 1.88. The van der Waals surface area contributed by atoms with Crippen molar-refractivity contribution in [3.05, 3.63) is 12.7 Å². The molecule has 9 heavy (non-hydrogen) atoms. The van der Waals surface area contributed by atoms with Gasteiger partial charge in [-0.2, -0.15) is 0 Å². The number of hydrogen-bond donors (Lipinski definition) is 0. The Bertz CT molecular complexity index is 76.3. The van der Waals surface area contributed by atoms with Gasteiger partial charge in [-0.05, 0) is 6.92 Å². The zero-order chi connectivity index (χ0) is 7.70. The molecule has 3 nitrogen and oxygen atoms in total. The van der Waals surface area contributed by atoms with E-state index in [0.29, 0.717) is 0 Å². The van der Waals surface area contributed by atoms with Crippen LogP contribution in [0.15, 0.2) is 12.7 Å². The molecular formula is C5H12O3P+. The van der Waals surface area contributed by atoms with Gasteiger partial charge in [-0.25, -0.2) is 0 Å². The highest BCUT2D eigenvalue weighted by Crippen LogP contribution is 2.18. The van der Waals surface area contributed by atoms with Crippen molar-refractivity contribution in [1.29, 1.82) is 0 Å². The summed E-state index contributed by atoms with van der Waals surface area (Å²) in [6, 6.07) is 0. The highest BCUT2D eigenvalue weighted by atomic mass is 31.1. The second-order valence-electron chi connectivity index (χ2n) is 0.997. The fourth-order valence-electron chi connectivity index (χ4n) is 0.0745. The van der Waals surface area contributed by atoms with E-state index in [1.807, 2.05) is 6.92 Å². The van der Waals surface area contributed by atoms with E-state index in [1.165, 1.54) is 14.2 Å². The van der Waals surface area contributed by atoms with Gasteiger partial charge >= 0.3 is 8.25 Å². The van der Waals surface area contributed by atoms with E-state index >= 15 is 0 Å². The first-order chi connectivity index (χ1) is 4.22. The van der Waals surface area contributed by atoms with Crippen LogP contribution in [0.3, 0.4) is 0 Å². The molecule has 0 radical (unpaired) electrons. The molecule has 0 aromatic carbocycles. The molecule has 0 bridgehead atoms. The van der Waals surface area contributed by atoms with Crippen molar-refractivity contribution < 1.29 is 13.6 Å². The summed E-state index contributed by atoms with van der Waals surface area (Å²) in [5.41, 5.74) is 0. The first kappa shape index (κ1) is 11.5. The molecule has 0 unspecified atom stereocenters. The van der Waals surface area contributed by atoms with Gasteiger partial charge in [0.2, 0.25) is 0 Å². The summed E-state index contributed by atoms with van der Waals surface area (Å²) in [6.07, 6.45) is 1.75. The maximum Gasteiger partial charge on any atom is 0.696 e. The maximum absolute atomic E-state index is 9.88. The van der Waals surface area contributed by atoms with Crippen molar-refractivity contribution in [3.63, 3.8) is 0 Å². The van der Waals surface area contributed by atoms with E-state index in [0.717, 1.165) is 0 Å². The molecule has 0 aliphatic carbocycles. The minimum absolute atomic E-state index is 1.32. The van der Waals surface area contributed by atoms with Gasteiger partial charge in [0.25, 0.3) is 0 Å². The molecule has 0 aromatic heterocycles. The van der Waals surface area contributed by atoms with Crippen molar-refractivity contribution in [3.8, 4) is 0 Å². The minimum Gasteiger partial charge on any atom is -0.122 e. The smallest absolute Gasteiger partial charge is 0.122 e. The highest BCUT2D eigenvalue weighted by molar-refractivity contribution is 7.33. The molecule has 0 amide bonds. The summed E-state index contributed by atoms with van der Waals surface area (Å²) in [7, 11) is 0.817. The molecule has 0 rings (SSSR count). The van der Waals surface area contributed by atoms with Crippen LogP contribution < -0.4 is 0 Å². The SMILES string of the molecule is C=CC.CO[P+](=O)OC.